The number of hydrogen-bond donors (Lipinski definition) is 1. The van der Waals surface area contributed by atoms with Crippen molar-refractivity contribution in [3.05, 3.63) is 29.3 Å². The van der Waals surface area contributed by atoms with E-state index in [1.807, 2.05) is 20.8 Å². The molecule has 1 rings (SSSR count). The number of nitrogens with two attached hydrogens (primary N) is 1. The summed E-state index contributed by atoms with van der Waals surface area (Å²) in [6.45, 7) is 6.56. The molecule has 1 unspecified atom stereocenters. The predicted octanol–water partition coefficient (Wildman–Crippen LogP) is 4.80. The number of benzene rings is 1. The lowest BCUT2D eigenvalue weighted by molar-refractivity contribution is -0.137. The summed E-state index contributed by atoms with van der Waals surface area (Å²) in [5.41, 5.74) is 5.97. The maximum Gasteiger partial charge on any atom is 0.416 e. The summed E-state index contributed by atoms with van der Waals surface area (Å²) >= 11 is 0. The zero-order valence-corrected chi connectivity index (χ0v) is 13.5. The average molecular weight is 317 g/mol. The van der Waals surface area contributed by atoms with Crippen LogP contribution in [-0.4, -0.2) is 12.6 Å². The van der Waals surface area contributed by atoms with Crippen LogP contribution in [0.15, 0.2) is 18.2 Å². The molecular formula is C17H26F3NO. The molecule has 1 aromatic carbocycles. The monoisotopic (exact) mass is 317 g/mol. The Balaban J connectivity index is 2.82. The van der Waals surface area contributed by atoms with E-state index in [9.17, 15) is 13.2 Å². The lowest BCUT2D eigenvalue weighted by atomic mass is 9.97. The van der Waals surface area contributed by atoms with Crippen LogP contribution in [0.2, 0.25) is 0 Å². The molecule has 22 heavy (non-hydrogen) atoms. The fourth-order valence-electron chi connectivity index (χ4n) is 2.17. The van der Waals surface area contributed by atoms with Gasteiger partial charge < -0.3 is 10.5 Å². The minimum Gasteiger partial charge on any atom is -0.493 e. The summed E-state index contributed by atoms with van der Waals surface area (Å²) in [4.78, 5) is 0. The standard InChI is InChI=1S/C17H26F3NO/c1-4-10-22-16-9-8-14(17(18,19)20)11-13(16)6-5-7-15(21)12(2)3/h8-9,11-12,15H,4-7,10,21H2,1-3H3. The molecule has 2 nitrogen and oxygen atoms in total. The first kappa shape index (κ1) is 18.8. The van der Waals surface area contributed by atoms with Crippen LogP contribution >= 0.6 is 0 Å². The molecule has 2 N–H and O–H groups in total. The number of halogens is 3. The van der Waals surface area contributed by atoms with E-state index in [-0.39, 0.29) is 6.04 Å². The minimum atomic E-state index is -4.33. The van der Waals surface area contributed by atoms with E-state index in [1.54, 1.807) is 0 Å². The van der Waals surface area contributed by atoms with Crippen molar-refractivity contribution in [3.8, 4) is 5.75 Å². The van der Waals surface area contributed by atoms with E-state index in [4.69, 9.17) is 10.5 Å². The normalized spacial score (nSPS) is 13.5. The van der Waals surface area contributed by atoms with Crippen LogP contribution in [0, 0.1) is 5.92 Å². The fraction of sp³-hybridized carbons (Fsp3) is 0.647. The molecule has 0 heterocycles. The molecule has 0 bridgehead atoms. The zero-order chi connectivity index (χ0) is 16.8. The van der Waals surface area contributed by atoms with Gasteiger partial charge in [0, 0.05) is 6.04 Å². The van der Waals surface area contributed by atoms with Crippen molar-refractivity contribution in [1.29, 1.82) is 0 Å². The van der Waals surface area contributed by atoms with Crippen molar-refractivity contribution in [2.45, 2.75) is 58.7 Å². The van der Waals surface area contributed by atoms with Gasteiger partial charge >= 0.3 is 6.18 Å². The Labute approximate surface area is 130 Å². The van der Waals surface area contributed by atoms with Gasteiger partial charge in [-0.05, 0) is 55.4 Å². The molecule has 0 fully saturated rings. The topological polar surface area (TPSA) is 35.2 Å². The number of alkyl halides is 3. The van der Waals surface area contributed by atoms with Gasteiger partial charge in [0.25, 0.3) is 0 Å². The van der Waals surface area contributed by atoms with Crippen molar-refractivity contribution in [1.82, 2.24) is 0 Å². The third-order valence-electron chi connectivity index (χ3n) is 3.69. The number of aryl methyl sites for hydroxylation is 1. The molecule has 0 aliphatic rings. The Morgan fingerprint density at radius 1 is 1.23 bits per heavy atom. The summed E-state index contributed by atoms with van der Waals surface area (Å²) in [5.74, 6) is 0.922. The summed E-state index contributed by atoms with van der Waals surface area (Å²) in [6, 6.07) is 3.78. The highest BCUT2D eigenvalue weighted by atomic mass is 19.4. The highest BCUT2D eigenvalue weighted by molar-refractivity contribution is 5.38. The maximum atomic E-state index is 12.8. The van der Waals surface area contributed by atoms with Gasteiger partial charge in [0.1, 0.15) is 5.75 Å². The zero-order valence-electron chi connectivity index (χ0n) is 13.5. The van der Waals surface area contributed by atoms with Crippen LogP contribution < -0.4 is 10.5 Å². The van der Waals surface area contributed by atoms with Gasteiger partial charge in [-0.15, -0.1) is 0 Å². The van der Waals surface area contributed by atoms with Crippen molar-refractivity contribution >= 4 is 0 Å². The summed E-state index contributed by atoms with van der Waals surface area (Å²) in [5, 5.41) is 0. The van der Waals surface area contributed by atoms with Gasteiger partial charge in [0.2, 0.25) is 0 Å². The minimum absolute atomic E-state index is 0.0748. The SMILES string of the molecule is CCCOc1ccc(C(F)(F)F)cc1CCCC(N)C(C)C. The number of rotatable bonds is 8. The van der Waals surface area contributed by atoms with Crippen molar-refractivity contribution in [2.75, 3.05) is 6.61 Å². The van der Waals surface area contributed by atoms with E-state index in [0.29, 0.717) is 30.3 Å². The molecule has 0 amide bonds. The van der Waals surface area contributed by atoms with Crippen LogP contribution in [-0.2, 0) is 12.6 Å². The van der Waals surface area contributed by atoms with E-state index in [1.165, 1.54) is 12.1 Å². The van der Waals surface area contributed by atoms with Gasteiger partial charge in [-0.2, -0.15) is 13.2 Å². The molecular weight excluding hydrogens is 291 g/mol. The highest BCUT2D eigenvalue weighted by Crippen LogP contribution is 2.33. The molecule has 5 heteroatoms. The van der Waals surface area contributed by atoms with Crippen LogP contribution in [0.25, 0.3) is 0 Å². The first-order valence-electron chi connectivity index (χ1n) is 7.84. The Morgan fingerprint density at radius 2 is 1.91 bits per heavy atom. The first-order valence-corrected chi connectivity index (χ1v) is 7.84. The Bertz CT molecular complexity index is 458. The smallest absolute Gasteiger partial charge is 0.416 e. The average Bonchev–Trinajstić information content (AvgIpc) is 2.44. The fourth-order valence-corrected chi connectivity index (χ4v) is 2.17. The first-order chi connectivity index (χ1) is 10.3. The Hall–Kier alpha value is -1.23. The molecule has 0 spiro atoms. The third kappa shape index (κ3) is 5.87. The molecule has 0 aliphatic heterocycles. The summed E-state index contributed by atoms with van der Waals surface area (Å²) in [6.07, 6.45) is -1.42. The van der Waals surface area contributed by atoms with Crippen LogP contribution in [0.4, 0.5) is 13.2 Å². The molecule has 1 atom stereocenters. The lowest BCUT2D eigenvalue weighted by Gasteiger charge is -2.17. The van der Waals surface area contributed by atoms with Gasteiger partial charge in [-0.1, -0.05) is 20.8 Å². The lowest BCUT2D eigenvalue weighted by Crippen LogP contribution is -2.26. The van der Waals surface area contributed by atoms with Gasteiger partial charge in [-0.3, -0.25) is 0 Å². The van der Waals surface area contributed by atoms with E-state index >= 15 is 0 Å². The summed E-state index contributed by atoms with van der Waals surface area (Å²) in [7, 11) is 0. The molecule has 0 aliphatic carbocycles. The molecule has 0 aromatic heterocycles. The van der Waals surface area contributed by atoms with Gasteiger partial charge in [0.05, 0.1) is 12.2 Å². The van der Waals surface area contributed by atoms with E-state index in [0.717, 1.165) is 25.3 Å². The third-order valence-corrected chi connectivity index (χ3v) is 3.69. The second-order valence-corrected chi connectivity index (χ2v) is 5.97. The molecule has 126 valence electrons. The second kappa shape index (κ2) is 8.42. The number of hydrogen-bond acceptors (Lipinski definition) is 2. The van der Waals surface area contributed by atoms with Crippen LogP contribution in [0.1, 0.15) is 51.2 Å². The predicted molar refractivity (Wildman–Crippen MR) is 83.0 cm³/mol. The van der Waals surface area contributed by atoms with Crippen molar-refractivity contribution < 1.29 is 17.9 Å². The van der Waals surface area contributed by atoms with Crippen LogP contribution in [0.5, 0.6) is 5.75 Å². The number of ether oxygens (including phenoxy) is 1. The highest BCUT2D eigenvalue weighted by Gasteiger charge is 2.31. The van der Waals surface area contributed by atoms with Crippen molar-refractivity contribution in [2.24, 2.45) is 11.7 Å². The van der Waals surface area contributed by atoms with E-state index < -0.39 is 11.7 Å². The van der Waals surface area contributed by atoms with Crippen molar-refractivity contribution in [3.63, 3.8) is 0 Å². The largest absolute Gasteiger partial charge is 0.493 e. The Kier molecular flexibility index (Phi) is 7.20. The molecule has 0 radical (unpaired) electrons. The summed E-state index contributed by atoms with van der Waals surface area (Å²) < 4.78 is 44.1. The second-order valence-electron chi connectivity index (χ2n) is 5.97. The van der Waals surface area contributed by atoms with Crippen LogP contribution in [0.3, 0.4) is 0 Å². The van der Waals surface area contributed by atoms with Gasteiger partial charge in [-0.25, -0.2) is 0 Å². The molecule has 1 aromatic rings. The quantitative estimate of drug-likeness (QED) is 0.747. The maximum absolute atomic E-state index is 12.8. The molecule has 0 saturated carbocycles. The van der Waals surface area contributed by atoms with E-state index in [2.05, 4.69) is 0 Å². The molecule has 0 saturated heterocycles. The van der Waals surface area contributed by atoms with Gasteiger partial charge in [0.15, 0.2) is 0 Å². The Morgan fingerprint density at radius 3 is 2.45 bits per heavy atom.